The predicted octanol–water partition coefficient (Wildman–Crippen LogP) is 8.76. The van der Waals surface area contributed by atoms with Crippen molar-refractivity contribution in [3.05, 3.63) is 91.2 Å². The number of nitrogens with zero attached hydrogens (tertiary/aromatic N) is 1. The smallest absolute Gasteiger partial charge is 0.138 e. The molecule has 184 valence electrons. The molecule has 3 rings (SSSR count). The molecule has 0 aliphatic heterocycles. The fraction of sp³-hybridized carbons (Fsp3) is 0.344. The average Bonchev–Trinajstić information content (AvgIpc) is 2.90. The summed E-state index contributed by atoms with van der Waals surface area (Å²) >= 11 is 0. The minimum absolute atomic E-state index is 0.359. The summed E-state index contributed by atoms with van der Waals surface area (Å²) in [6.07, 6.45) is 15.4. The fourth-order valence-corrected chi connectivity index (χ4v) is 3.87. The van der Waals surface area contributed by atoms with E-state index in [1.807, 2.05) is 12.1 Å². The monoisotopic (exact) mass is 469 g/mol. The van der Waals surface area contributed by atoms with E-state index < -0.39 is 0 Å². The SMILES string of the molecule is C=CCOc1ccc(-c2ccc(-c3ccc(/C=C/CCCC(C)OCCCCC)cc3)cc2)nc1. The van der Waals surface area contributed by atoms with Crippen LogP contribution in [0.5, 0.6) is 5.75 Å². The Morgan fingerprint density at radius 2 is 1.60 bits per heavy atom. The lowest BCUT2D eigenvalue weighted by atomic mass is 10.0. The second kappa shape index (κ2) is 15.0. The third kappa shape index (κ3) is 9.18. The van der Waals surface area contributed by atoms with Crippen molar-refractivity contribution in [2.45, 2.75) is 58.5 Å². The molecule has 35 heavy (non-hydrogen) atoms. The van der Waals surface area contributed by atoms with Crippen LogP contribution in [0.3, 0.4) is 0 Å². The van der Waals surface area contributed by atoms with Crippen molar-refractivity contribution in [2.24, 2.45) is 0 Å². The van der Waals surface area contributed by atoms with Gasteiger partial charge in [0, 0.05) is 12.2 Å². The van der Waals surface area contributed by atoms with Gasteiger partial charge in [0.05, 0.1) is 18.0 Å². The van der Waals surface area contributed by atoms with Crippen LogP contribution < -0.4 is 4.74 Å². The lowest BCUT2D eigenvalue weighted by molar-refractivity contribution is 0.0566. The van der Waals surface area contributed by atoms with Gasteiger partial charge in [-0.25, -0.2) is 0 Å². The molecule has 1 unspecified atom stereocenters. The Kier molecular flexibility index (Phi) is 11.3. The molecule has 0 radical (unpaired) electrons. The second-order valence-electron chi connectivity index (χ2n) is 8.90. The first kappa shape index (κ1) is 26.4. The number of ether oxygens (including phenoxy) is 2. The molecule has 0 aliphatic rings. The van der Waals surface area contributed by atoms with E-state index in [-0.39, 0.29) is 0 Å². The van der Waals surface area contributed by atoms with E-state index in [1.165, 1.54) is 36.0 Å². The van der Waals surface area contributed by atoms with Gasteiger partial charge >= 0.3 is 0 Å². The van der Waals surface area contributed by atoms with Crippen LogP contribution in [-0.2, 0) is 4.74 Å². The number of allylic oxidation sites excluding steroid dienone is 1. The lowest BCUT2D eigenvalue weighted by Crippen LogP contribution is -2.08. The highest BCUT2D eigenvalue weighted by molar-refractivity contribution is 5.70. The molecular weight excluding hydrogens is 430 g/mol. The zero-order valence-electron chi connectivity index (χ0n) is 21.3. The minimum atomic E-state index is 0.359. The highest BCUT2D eigenvalue weighted by atomic mass is 16.5. The molecule has 0 fully saturated rings. The summed E-state index contributed by atoms with van der Waals surface area (Å²) in [5, 5.41) is 0. The molecule has 3 heteroatoms. The maximum atomic E-state index is 5.88. The van der Waals surface area contributed by atoms with Crippen LogP contribution in [-0.4, -0.2) is 24.3 Å². The van der Waals surface area contributed by atoms with Gasteiger partial charge in [0.1, 0.15) is 12.4 Å². The summed E-state index contributed by atoms with van der Waals surface area (Å²) in [7, 11) is 0. The molecule has 0 saturated heterocycles. The van der Waals surface area contributed by atoms with Crippen LogP contribution >= 0.6 is 0 Å². The number of hydrogen-bond donors (Lipinski definition) is 0. The molecule has 2 aromatic carbocycles. The van der Waals surface area contributed by atoms with E-state index in [2.05, 4.69) is 86.1 Å². The Bertz CT molecular complexity index is 1020. The van der Waals surface area contributed by atoms with Crippen LogP contribution in [0.25, 0.3) is 28.5 Å². The van der Waals surface area contributed by atoms with E-state index in [0.29, 0.717) is 12.7 Å². The molecule has 0 spiro atoms. The Labute approximate surface area is 211 Å². The molecule has 0 saturated carbocycles. The van der Waals surface area contributed by atoms with E-state index in [0.717, 1.165) is 42.9 Å². The van der Waals surface area contributed by atoms with Crippen molar-refractivity contribution < 1.29 is 9.47 Å². The maximum absolute atomic E-state index is 5.88. The number of aromatic nitrogens is 1. The molecule has 1 aromatic heterocycles. The standard InChI is InChI=1S/C32H39NO2/c1-4-6-10-24-34-26(3)11-8-7-9-12-27-13-15-28(16-14-27)29-17-19-30(20-18-29)32-22-21-31(25-33-32)35-23-5-2/h5,9,12-22,25-26H,2,4,6-8,10-11,23-24H2,1,3H3/b12-9+. The van der Waals surface area contributed by atoms with Crippen molar-refractivity contribution in [3.8, 4) is 28.1 Å². The summed E-state index contributed by atoms with van der Waals surface area (Å²) in [5.41, 5.74) is 5.66. The van der Waals surface area contributed by atoms with Crippen molar-refractivity contribution in [1.29, 1.82) is 0 Å². The Morgan fingerprint density at radius 1 is 0.886 bits per heavy atom. The maximum Gasteiger partial charge on any atom is 0.138 e. The van der Waals surface area contributed by atoms with Gasteiger partial charge in [-0.2, -0.15) is 0 Å². The summed E-state index contributed by atoms with van der Waals surface area (Å²) in [5.74, 6) is 0.751. The lowest BCUT2D eigenvalue weighted by Gasteiger charge is -2.12. The van der Waals surface area contributed by atoms with Crippen molar-refractivity contribution >= 4 is 6.08 Å². The van der Waals surface area contributed by atoms with Gasteiger partial charge in [0.15, 0.2) is 0 Å². The number of rotatable bonds is 15. The largest absolute Gasteiger partial charge is 0.488 e. The zero-order chi connectivity index (χ0) is 24.7. The van der Waals surface area contributed by atoms with Crippen LogP contribution in [0.4, 0.5) is 0 Å². The highest BCUT2D eigenvalue weighted by Crippen LogP contribution is 2.25. The van der Waals surface area contributed by atoms with Gasteiger partial charge in [-0.15, -0.1) is 0 Å². The second-order valence-corrected chi connectivity index (χ2v) is 8.90. The summed E-state index contributed by atoms with van der Waals surface area (Å²) in [4.78, 5) is 4.51. The molecule has 0 aliphatic carbocycles. The van der Waals surface area contributed by atoms with Crippen molar-refractivity contribution in [3.63, 3.8) is 0 Å². The predicted molar refractivity (Wildman–Crippen MR) is 149 cm³/mol. The van der Waals surface area contributed by atoms with Crippen LogP contribution in [0, 0.1) is 0 Å². The normalized spacial score (nSPS) is 12.1. The third-order valence-corrected chi connectivity index (χ3v) is 5.97. The summed E-state index contributed by atoms with van der Waals surface area (Å²) in [6.45, 7) is 9.46. The van der Waals surface area contributed by atoms with Gasteiger partial charge < -0.3 is 9.47 Å². The Balaban J connectivity index is 1.45. The first-order valence-corrected chi connectivity index (χ1v) is 12.9. The summed E-state index contributed by atoms with van der Waals surface area (Å²) in [6, 6.07) is 21.2. The number of hydrogen-bond acceptors (Lipinski definition) is 3. The molecule has 1 atom stereocenters. The van der Waals surface area contributed by atoms with Gasteiger partial charge in [-0.05, 0) is 61.4 Å². The quantitative estimate of drug-likeness (QED) is 0.165. The molecular formula is C32H39NO2. The topological polar surface area (TPSA) is 31.4 Å². The van der Waals surface area contributed by atoms with Gasteiger partial charge in [0.2, 0.25) is 0 Å². The van der Waals surface area contributed by atoms with Crippen LogP contribution in [0.1, 0.15) is 57.9 Å². The van der Waals surface area contributed by atoms with Gasteiger partial charge in [-0.1, -0.05) is 93.1 Å². The first-order chi connectivity index (χ1) is 17.2. The molecule has 3 aromatic rings. The van der Waals surface area contributed by atoms with E-state index in [1.54, 1.807) is 12.3 Å². The third-order valence-electron chi connectivity index (χ3n) is 5.97. The van der Waals surface area contributed by atoms with Crippen molar-refractivity contribution in [2.75, 3.05) is 13.2 Å². The number of pyridine rings is 1. The first-order valence-electron chi connectivity index (χ1n) is 12.9. The summed E-state index contributed by atoms with van der Waals surface area (Å²) < 4.78 is 11.4. The Hall–Kier alpha value is -3.17. The molecule has 0 N–H and O–H groups in total. The van der Waals surface area contributed by atoms with Crippen LogP contribution in [0.2, 0.25) is 0 Å². The van der Waals surface area contributed by atoms with E-state index in [9.17, 15) is 0 Å². The number of benzene rings is 2. The fourth-order valence-electron chi connectivity index (χ4n) is 3.87. The Morgan fingerprint density at radius 3 is 2.26 bits per heavy atom. The van der Waals surface area contributed by atoms with E-state index in [4.69, 9.17) is 9.47 Å². The van der Waals surface area contributed by atoms with Gasteiger partial charge in [0.25, 0.3) is 0 Å². The highest BCUT2D eigenvalue weighted by Gasteiger charge is 2.03. The molecule has 3 nitrogen and oxygen atoms in total. The minimum Gasteiger partial charge on any atom is -0.488 e. The molecule has 1 heterocycles. The molecule has 0 amide bonds. The van der Waals surface area contributed by atoms with Gasteiger partial charge in [-0.3, -0.25) is 4.98 Å². The van der Waals surface area contributed by atoms with Crippen LogP contribution in [0.15, 0.2) is 85.6 Å². The average molecular weight is 470 g/mol. The molecule has 0 bridgehead atoms. The zero-order valence-corrected chi connectivity index (χ0v) is 21.3. The van der Waals surface area contributed by atoms with Crippen molar-refractivity contribution in [1.82, 2.24) is 4.98 Å². The number of unbranched alkanes of at least 4 members (excludes halogenated alkanes) is 3. The van der Waals surface area contributed by atoms with E-state index >= 15 is 0 Å².